The molecule has 0 N–H and O–H groups in total. The Bertz CT molecular complexity index is 318. The Labute approximate surface area is 148 Å². The van der Waals surface area contributed by atoms with Crippen molar-refractivity contribution in [3.63, 3.8) is 0 Å². The van der Waals surface area contributed by atoms with Crippen LogP contribution in [-0.2, 0) is 9.47 Å². The first kappa shape index (κ1) is 17.8. The lowest BCUT2D eigenvalue weighted by Crippen LogP contribution is -2.32. The molecular formula is C17H30O2S3. The van der Waals surface area contributed by atoms with Crippen molar-refractivity contribution in [3.8, 4) is 0 Å². The highest BCUT2D eigenvalue weighted by atomic mass is 32.2. The second-order valence-corrected chi connectivity index (χ2v) is 11.3. The predicted octanol–water partition coefficient (Wildman–Crippen LogP) is 4.73. The molecule has 3 aliphatic heterocycles. The van der Waals surface area contributed by atoms with Gasteiger partial charge in [-0.3, -0.25) is 0 Å². The summed E-state index contributed by atoms with van der Waals surface area (Å²) in [6, 6.07) is 0. The number of rotatable bonds is 4. The van der Waals surface area contributed by atoms with E-state index in [1.165, 1.54) is 42.9 Å². The van der Waals surface area contributed by atoms with Crippen molar-refractivity contribution in [1.29, 1.82) is 0 Å². The van der Waals surface area contributed by atoms with Gasteiger partial charge in [0.15, 0.2) is 6.29 Å². The second kappa shape index (κ2) is 8.89. The van der Waals surface area contributed by atoms with Crippen molar-refractivity contribution in [2.75, 3.05) is 30.5 Å². The molecule has 2 unspecified atom stereocenters. The van der Waals surface area contributed by atoms with Crippen LogP contribution in [0.4, 0.5) is 0 Å². The Kier molecular flexibility index (Phi) is 7.18. The number of ether oxygens (including phenoxy) is 2. The van der Waals surface area contributed by atoms with Crippen LogP contribution in [0.3, 0.4) is 0 Å². The minimum absolute atomic E-state index is 0.0104. The molecule has 0 radical (unpaired) electrons. The van der Waals surface area contributed by atoms with Gasteiger partial charge in [-0.05, 0) is 68.6 Å². The fourth-order valence-electron chi connectivity index (χ4n) is 3.53. The first-order valence-electron chi connectivity index (χ1n) is 8.78. The molecule has 3 aliphatic rings. The Balaban J connectivity index is 1.32. The molecule has 0 amide bonds. The van der Waals surface area contributed by atoms with Gasteiger partial charge in [0.05, 0.1) is 13.2 Å². The molecule has 3 rings (SSSR count). The summed E-state index contributed by atoms with van der Waals surface area (Å²) in [5, 5.41) is 0.936. The van der Waals surface area contributed by atoms with Gasteiger partial charge in [0.1, 0.15) is 0 Å². The molecule has 0 aromatic rings. The van der Waals surface area contributed by atoms with Gasteiger partial charge in [0, 0.05) is 15.7 Å². The molecule has 0 aliphatic carbocycles. The summed E-state index contributed by atoms with van der Waals surface area (Å²) in [4.78, 5) is 0. The normalized spacial score (nSPS) is 43.9. The highest BCUT2D eigenvalue weighted by Gasteiger charge is 2.31. The third-order valence-corrected chi connectivity index (χ3v) is 9.85. The lowest BCUT2D eigenvalue weighted by atomic mass is 9.91. The molecule has 0 aromatic carbocycles. The van der Waals surface area contributed by atoms with E-state index in [9.17, 15) is 0 Å². The molecular weight excluding hydrogens is 332 g/mol. The van der Waals surface area contributed by atoms with Gasteiger partial charge in [0.25, 0.3) is 0 Å². The molecule has 22 heavy (non-hydrogen) atoms. The zero-order valence-corrected chi connectivity index (χ0v) is 16.3. The average molecular weight is 363 g/mol. The quantitative estimate of drug-likeness (QED) is 0.717. The minimum atomic E-state index is 0.0104. The fourth-order valence-corrected chi connectivity index (χ4v) is 8.14. The summed E-state index contributed by atoms with van der Waals surface area (Å²) in [6.45, 7) is 6.16. The van der Waals surface area contributed by atoms with E-state index in [0.29, 0.717) is 5.92 Å². The second-order valence-electron chi connectivity index (χ2n) is 6.99. The van der Waals surface area contributed by atoms with Gasteiger partial charge in [-0.25, -0.2) is 0 Å². The van der Waals surface area contributed by atoms with Gasteiger partial charge >= 0.3 is 0 Å². The number of thioether (sulfide) groups is 3. The van der Waals surface area contributed by atoms with E-state index >= 15 is 0 Å². The molecule has 0 spiro atoms. The molecule has 0 aromatic heterocycles. The van der Waals surface area contributed by atoms with E-state index in [4.69, 9.17) is 9.47 Å². The monoisotopic (exact) mass is 362 g/mol. The lowest BCUT2D eigenvalue weighted by molar-refractivity contribution is -0.191. The zero-order chi connectivity index (χ0) is 15.4. The SMILES string of the molecule is CC1OCC(CCC2CCC(C3CSC(C)SC3)SC2)CO1. The number of hydrogen-bond donors (Lipinski definition) is 0. The largest absolute Gasteiger partial charge is 0.353 e. The topological polar surface area (TPSA) is 18.5 Å². The van der Waals surface area contributed by atoms with E-state index in [1.54, 1.807) is 0 Å². The summed E-state index contributed by atoms with van der Waals surface area (Å²) < 4.78 is 12.0. The minimum Gasteiger partial charge on any atom is -0.353 e. The van der Waals surface area contributed by atoms with Crippen LogP contribution in [-0.4, -0.2) is 46.6 Å². The summed E-state index contributed by atoms with van der Waals surface area (Å²) in [5.74, 6) is 6.70. The van der Waals surface area contributed by atoms with E-state index in [2.05, 4.69) is 42.2 Å². The van der Waals surface area contributed by atoms with Crippen LogP contribution in [0.5, 0.6) is 0 Å². The van der Waals surface area contributed by atoms with Gasteiger partial charge < -0.3 is 9.47 Å². The zero-order valence-electron chi connectivity index (χ0n) is 13.9. The molecule has 2 atom stereocenters. The van der Waals surface area contributed by atoms with Gasteiger partial charge in [-0.1, -0.05) is 0 Å². The maximum atomic E-state index is 5.60. The smallest absolute Gasteiger partial charge is 0.154 e. The van der Waals surface area contributed by atoms with Gasteiger partial charge in [-0.15, -0.1) is 23.5 Å². The molecule has 0 saturated carbocycles. The molecule has 3 heterocycles. The van der Waals surface area contributed by atoms with Crippen LogP contribution in [0.15, 0.2) is 0 Å². The van der Waals surface area contributed by atoms with Gasteiger partial charge in [-0.2, -0.15) is 11.8 Å². The lowest BCUT2D eigenvalue weighted by Gasteiger charge is -2.36. The van der Waals surface area contributed by atoms with E-state index < -0.39 is 0 Å². The van der Waals surface area contributed by atoms with Crippen molar-refractivity contribution in [2.24, 2.45) is 17.8 Å². The van der Waals surface area contributed by atoms with Crippen molar-refractivity contribution in [3.05, 3.63) is 0 Å². The third kappa shape index (κ3) is 5.23. The van der Waals surface area contributed by atoms with Crippen LogP contribution in [0, 0.1) is 17.8 Å². The van der Waals surface area contributed by atoms with Crippen molar-refractivity contribution >= 4 is 35.3 Å². The maximum Gasteiger partial charge on any atom is 0.154 e. The Morgan fingerprint density at radius 2 is 1.50 bits per heavy atom. The summed E-state index contributed by atoms with van der Waals surface area (Å²) in [6.07, 6.45) is 5.57. The maximum absolute atomic E-state index is 5.60. The van der Waals surface area contributed by atoms with E-state index in [-0.39, 0.29) is 6.29 Å². The highest BCUT2D eigenvalue weighted by Crippen LogP contribution is 2.42. The highest BCUT2D eigenvalue weighted by molar-refractivity contribution is 8.17. The Hall–Kier alpha value is 0.970. The molecule has 5 heteroatoms. The van der Waals surface area contributed by atoms with Crippen LogP contribution in [0.2, 0.25) is 0 Å². The third-order valence-electron chi connectivity index (χ3n) is 5.14. The molecule has 0 bridgehead atoms. The first-order valence-corrected chi connectivity index (χ1v) is 11.9. The molecule has 3 fully saturated rings. The van der Waals surface area contributed by atoms with Gasteiger partial charge in [0.2, 0.25) is 0 Å². The molecule has 128 valence electrons. The van der Waals surface area contributed by atoms with Crippen molar-refractivity contribution in [1.82, 2.24) is 0 Å². The Morgan fingerprint density at radius 1 is 0.818 bits per heavy atom. The van der Waals surface area contributed by atoms with Crippen LogP contribution >= 0.6 is 35.3 Å². The summed E-state index contributed by atoms with van der Waals surface area (Å²) >= 11 is 6.62. The molecule has 2 nitrogen and oxygen atoms in total. The van der Waals surface area contributed by atoms with Crippen LogP contribution in [0.1, 0.15) is 39.5 Å². The van der Waals surface area contributed by atoms with Crippen molar-refractivity contribution in [2.45, 2.75) is 55.7 Å². The van der Waals surface area contributed by atoms with E-state index in [0.717, 1.165) is 34.9 Å². The first-order chi connectivity index (χ1) is 10.7. The summed E-state index contributed by atoms with van der Waals surface area (Å²) in [7, 11) is 0. The number of hydrogen-bond acceptors (Lipinski definition) is 5. The molecule has 3 saturated heterocycles. The van der Waals surface area contributed by atoms with Crippen LogP contribution in [0.25, 0.3) is 0 Å². The fraction of sp³-hybridized carbons (Fsp3) is 1.00. The Morgan fingerprint density at radius 3 is 2.14 bits per heavy atom. The van der Waals surface area contributed by atoms with Crippen molar-refractivity contribution < 1.29 is 9.47 Å². The average Bonchev–Trinajstić information content (AvgIpc) is 2.56. The predicted molar refractivity (Wildman–Crippen MR) is 101 cm³/mol. The summed E-state index contributed by atoms with van der Waals surface area (Å²) in [5.41, 5.74) is 0. The standard InChI is InChI=1S/C17H30O2S3/c1-12-18-7-15(8-19-12)4-3-14-5-6-17(22-9-14)16-10-20-13(2)21-11-16/h12-17H,3-11H2,1-2H3. The van der Waals surface area contributed by atoms with E-state index in [1.807, 2.05) is 6.92 Å². The van der Waals surface area contributed by atoms with Crippen LogP contribution < -0.4 is 0 Å².